The lowest BCUT2D eigenvalue weighted by molar-refractivity contribution is 0.102. The van der Waals surface area contributed by atoms with Crippen molar-refractivity contribution in [3.05, 3.63) is 29.8 Å². The molecule has 0 aliphatic rings. The molecule has 0 fully saturated rings. The fourth-order valence-electron chi connectivity index (χ4n) is 0.852. The second-order valence-electron chi connectivity index (χ2n) is 2.31. The predicted molar refractivity (Wildman–Crippen MR) is 59.3 cm³/mol. The number of ketones is 1. The number of isothiocyanates is 1. The molecule has 0 saturated heterocycles. The van der Waals surface area contributed by atoms with Gasteiger partial charge in [0.15, 0.2) is 5.78 Å². The van der Waals surface area contributed by atoms with Crippen LogP contribution in [0.5, 0.6) is 0 Å². The van der Waals surface area contributed by atoms with Gasteiger partial charge in [0.05, 0.1) is 16.2 Å². The van der Waals surface area contributed by atoms with E-state index in [1.807, 2.05) is 0 Å². The van der Waals surface area contributed by atoms with Crippen LogP contribution in [0.15, 0.2) is 29.3 Å². The third-order valence-corrected chi connectivity index (χ3v) is 2.09. The minimum absolute atomic E-state index is 0.0536. The predicted octanol–water partition coefficient (Wildman–Crippen LogP) is 3.00. The van der Waals surface area contributed by atoms with E-state index in [4.69, 9.17) is 0 Å². The number of carbonyl (C=O) groups excluding carboxylic acids is 1. The number of carbonyl (C=O) groups is 1. The first kappa shape index (κ1) is 10.3. The molecule has 1 rings (SSSR count). The molecule has 0 amide bonds. The van der Waals surface area contributed by atoms with Crippen molar-refractivity contribution in [3.63, 3.8) is 0 Å². The Hall–Kier alpha value is -0.830. The van der Waals surface area contributed by atoms with Crippen LogP contribution in [0.1, 0.15) is 10.4 Å². The highest BCUT2D eigenvalue weighted by Gasteiger charge is 2.01. The zero-order valence-corrected chi connectivity index (χ0v) is 9.06. The van der Waals surface area contributed by atoms with Crippen molar-refractivity contribution in [1.29, 1.82) is 0 Å². The molecule has 0 unspecified atom stereocenters. The lowest BCUT2D eigenvalue weighted by atomic mass is 10.1. The summed E-state index contributed by atoms with van der Waals surface area (Å²) in [5.74, 6) is 0.0536. The average molecular weight is 256 g/mol. The lowest BCUT2D eigenvalue weighted by Crippen LogP contribution is -1.98. The quantitative estimate of drug-likeness (QED) is 0.360. The Morgan fingerprint density at radius 3 is 2.54 bits per heavy atom. The van der Waals surface area contributed by atoms with E-state index < -0.39 is 0 Å². The molecular weight excluding hydrogens is 250 g/mol. The molecule has 0 aromatic heterocycles. The maximum atomic E-state index is 11.2. The van der Waals surface area contributed by atoms with Crippen molar-refractivity contribution in [2.45, 2.75) is 0 Å². The molecule has 2 nitrogen and oxygen atoms in total. The molecule has 4 heteroatoms. The topological polar surface area (TPSA) is 29.4 Å². The molecule has 0 spiro atoms. The fourth-order valence-corrected chi connectivity index (χ4v) is 1.28. The van der Waals surface area contributed by atoms with Gasteiger partial charge in [-0.3, -0.25) is 4.79 Å². The Balaban J connectivity index is 2.93. The number of benzene rings is 1. The molecule has 13 heavy (non-hydrogen) atoms. The standard InChI is InChI=1S/C9H6BrNOS/c10-5-9(12)7-1-3-8(4-2-7)11-6-13/h1-4H,5H2. The van der Waals surface area contributed by atoms with Crippen molar-refractivity contribution in [2.24, 2.45) is 4.99 Å². The molecule has 0 atom stereocenters. The van der Waals surface area contributed by atoms with Crippen LogP contribution < -0.4 is 0 Å². The van der Waals surface area contributed by atoms with E-state index in [-0.39, 0.29) is 5.78 Å². The first-order valence-corrected chi connectivity index (χ1v) is 5.08. The summed E-state index contributed by atoms with van der Waals surface area (Å²) in [5.41, 5.74) is 1.38. The maximum absolute atomic E-state index is 11.2. The number of alkyl halides is 1. The first-order chi connectivity index (χ1) is 6.27. The summed E-state index contributed by atoms with van der Waals surface area (Å²) in [4.78, 5) is 14.9. The summed E-state index contributed by atoms with van der Waals surface area (Å²) < 4.78 is 0. The molecule has 0 saturated carbocycles. The maximum Gasteiger partial charge on any atom is 0.173 e. The largest absolute Gasteiger partial charge is 0.293 e. The van der Waals surface area contributed by atoms with Crippen molar-refractivity contribution in [3.8, 4) is 0 Å². The number of thiocarbonyl (C=S) groups is 1. The van der Waals surface area contributed by atoms with Gasteiger partial charge in [0.25, 0.3) is 0 Å². The van der Waals surface area contributed by atoms with Gasteiger partial charge in [0, 0.05) is 5.56 Å². The molecule has 1 aromatic carbocycles. The van der Waals surface area contributed by atoms with Crippen molar-refractivity contribution in [2.75, 3.05) is 5.33 Å². The molecule has 0 radical (unpaired) electrons. The van der Waals surface area contributed by atoms with E-state index in [1.165, 1.54) is 0 Å². The van der Waals surface area contributed by atoms with E-state index >= 15 is 0 Å². The van der Waals surface area contributed by atoms with Gasteiger partial charge >= 0.3 is 0 Å². The third-order valence-electron chi connectivity index (χ3n) is 1.49. The summed E-state index contributed by atoms with van der Waals surface area (Å²) in [6, 6.07) is 6.90. The van der Waals surface area contributed by atoms with Crippen LogP contribution in [0.4, 0.5) is 5.69 Å². The van der Waals surface area contributed by atoms with Gasteiger partial charge in [-0.05, 0) is 36.5 Å². The van der Waals surface area contributed by atoms with E-state index in [2.05, 4.69) is 38.3 Å². The highest BCUT2D eigenvalue weighted by atomic mass is 79.9. The Morgan fingerprint density at radius 1 is 1.46 bits per heavy atom. The molecular formula is C9H6BrNOS. The number of halogens is 1. The smallest absolute Gasteiger partial charge is 0.173 e. The van der Waals surface area contributed by atoms with Gasteiger partial charge in [-0.1, -0.05) is 15.9 Å². The van der Waals surface area contributed by atoms with Crippen molar-refractivity contribution in [1.82, 2.24) is 0 Å². The van der Waals surface area contributed by atoms with Crippen molar-refractivity contribution < 1.29 is 4.79 Å². The van der Waals surface area contributed by atoms with Gasteiger partial charge in [0.2, 0.25) is 0 Å². The number of nitrogens with zero attached hydrogens (tertiary/aromatic N) is 1. The zero-order valence-electron chi connectivity index (χ0n) is 6.66. The van der Waals surface area contributed by atoms with Gasteiger partial charge in [0.1, 0.15) is 0 Å². The highest BCUT2D eigenvalue weighted by Crippen LogP contribution is 2.12. The minimum atomic E-state index is 0.0536. The summed E-state index contributed by atoms with van der Waals surface area (Å²) in [7, 11) is 0. The van der Waals surface area contributed by atoms with Gasteiger partial charge in [-0.25, -0.2) is 0 Å². The van der Waals surface area contributed by atoms with Gasteiger partial charge < -0.3 is 0 Å². The van der Waals surface area contributed by atoms with Crippen LogP contribution in [-0.4, -0.2) is 16.3 Å². The van der Waals surface area contributed by atoms with Crippen LogP contribution >= 0.6 is 28.1 Å². The van der Waals surface area contributed by atoms with E-state index in [0.717, 1.165) is 0 Å². The van der Waals surface area contributed by atoms with Crippen LogP contribution in [0.3, 0.4) is 0 Å². The first-order valence-electron chi connectivity index (χ1n) is 3.55. The van der Waals surface area contributed by atoms with Crippen LogP contribution in [0.25, 0.3) is 0 Å². The van der Waals surface area contributed by atoms with E-state index in [9.17, 15) is 4.79 Å². The van der Waals surface area contributed by atoms with Crippen LogP contribution in [0, 0.1) is 0 Å². The molecule has 0 bridgehead atoms. The van der Waals surface area contributed by atoms with Gasteiger partial charge in [-0.15, -0.1) is 0 Å². The van der Waals surface area contributed by atoms with Crippen LogP contribution in [-0.2, 0) is 0 Å². The molecule has 66 valence electrons. The number of hydrogen-bond acceptors (Lipinski definition) is 3. The molecule has 0 heterocycles. The molecule has 1 aromatic rings. The normalized spacial score (nSPS) is 9.00. The average Bonchev–Trinajstić information content (AvgIpc) is 2.18. The number of rotatable bonds is 3. The van der Waals surface area contributed by atoms with E-state index in [0.29, 0.717) is 16.6 Å². The Bertz CT molecular complexity index is 354. The summed E-state index contributed by atoms with van der Waals surface area (Å²) >= 11 is 7.55. The lowest BCUT2D eigenvalue weighted by Gasteiger charge is -1.96. The van der Waals surface area contributed by atoms with Gasteiger partial charge in [-0.2, -0.15) is 4.99 Å². The fraction of sp³-hybridized carbons (Fsp3) is 0.111. The number of hydrogen-bond donors (Lipinski definition) is 0. The third kappa shape index (κ3) is 2.84. The summed E-state index contributed by atoms with van der Waals surface area (Å²) in [6.45, 7) is 0. The SMILES string of the molecule is O=C(CBr)c1ccc(N=C=S)cc1. The summed E-state index contributed by atoms with van der Waals surface area (Å²) in [5, 5.41) is 2.60. The second kappa shape index (κ2) is 5.02. The summed E-state index contributed by atoms with van der Waals surface area (Å²) in [6.07, 6.45) is 0. The monoisotopic (exact) mass is 255 g/mol. The molecule has 0 aliphatic carbocycles. The number of Topliss-reactive ketones (excluding diaryl/α,β-unsaturated/α-hetero) is 1. The van der Waals surface area contributed by atoms with Crippen molar-refractivity contribution >= 4 is 44.8 Å². The highest BCUT2D eigenvalue weighted by molar-refractivity contribution is 9.09. The Morgan fingerprint density at radius 2 is 2.08 bits per heavy atom. The molecule has 0 N–H and O–H groups in total. The minimum Gasteiger partial charge on any atom is -0.293 e. The van der Waals surface area contributed by atoms with Crippen LogP contribution in [0.2, 0.25) is 0 Å². The molecule has 0 aliphatic heterocycles. The number of aliphatic imine (C=N–C) groups is 1. The second-order valence-corrected chi connectivity index (χ2v) is 3.05. The Kier molecular flexibility index (Phi) is 3.96. The Labute approximate surface area is 89.8 Å². The zero-order chi connectivity index (χ0) is 9.68. The van der Waals surface area contributed by atoms with E-state index in [1.54, 1.807) is 24.3 Å².